The van der Waals surface area contributed by atoms with Gasteiger partial charge < -0.3 is 10.5 Å². The SMILES string of the molecule is C=C.C=O.CCCCCCCN1CCc2ccccc2C1.CN.Cc1cc(Cl)cc(Cl)c1. The van der Waals surface area contributed by atoms with Crippen molar-refractivity contribution < 1.29 is 4.79 Å². The van der Waals surface area contributed by atoms with E-state index in [1.807, 2.05) is 25.8 Å². The first kappa shape index (κ1) is 32.5. The van der Waals surface area contributed by atoms with Crippen molar-refractivity contribution in [1.82, 2.24) is 4.90 Å². The summed E-state index contributed by atoms with van der Waals surface area (Å²) in [5, 5.41) is 1.39. The van der Waals surface area contributed by atoms with Crippen molar-refractivity contribution in [2.24, 2.45) is 5.73 Å². The van der Waals surface area contributed by atoms with Crippen LogP contribution in [0.1, 0.15) is 55.7 Å². The number of nitrogens with two attached hydrogens (primary N) is 1. The maximum atomic E-state index is 8.00. The average molecular weight is 482 g/mol. The molecule has 0 aliphatic carbocycles. The van der Waals surface area contributed by atoms with Gasteiger partial charge in [0.1, 0.15) is 6.79 Å². The van der Waals surface area contributed by atoms with E-state index in [0.29, 0.717) is 10.0 Å². The Balaban J connectivity index is 0. The second kappa shape index (κ2) is 22.5. The Morgan fingerprint density at radius 3 is 1.97 bits per heavy atom. The summed E-state index contributed by atoms with van der Waals surface area (Å²) < 4.78 is 0. The van der Waals surface area contributed by atoms with E-state index in [9.17, 15) is 0 Å². The standard InChI is InChI=1S/C16H25N.C7H6Cl2.C2H4.CH5N.CH2O/c1-2-3-4-5-8-12-17-13-11-15-9-6-7-10-16(15)14-17;1-5-2-6(8)4-7(9)3-5;3*1-2/h6-7,9-10H,2-5,8,11-14H2,1H3;2-4H,1H3;1-2H2;2H2,1H3;1H2. The monoisotopic (exact) mass is 480 g/mol. The Bertz CT molecular complexity index is 657. The largest absolute Gasteiger partial charge is 0.333 e. The number of halogens is 2. The van der Waals surface area contributed by atoms with Crippen LogP contribution < -0.4 is 5.73 Å². The van der Waals surface area contributed by atoms with E-state index in [-0.39, 0.29) is 0 Å². The van der Waals surface area contributed by atoms with E-state index in [4.69, 9.17) is 28.0 Å². The van der Waals surface area contributed by atoms with E-state index < -0.39 is 0 Å². The fourth-order valence-electron chi connectivity index (χ4n) is 3.38. The van der Waals surface area contributed by atoms with Gasteiger partial charge in [0.25, 0.3) is 0 Å². The van der Waals surface area contributed by atoms with Crippen molar-refractivity contribution in [3.63, 3.8) is 0 Å². The summed E-state index contributed by atoms with van der Waals surface area (Å²) in [7, 11) is 1.50. The third-order valence-corrected chi connectivity index (χ3v) is 5.23. The Morgan fingerprint density at radius 2 is 1.44 bits per heavy atom. The summed E-state index contributed by atoms with van der Waals surface area (Å²) in [6, 6.07) is 14.4. The Morgan fingerprint density at radius 1 is 0.906 bits per heavy atom. The molecule has 2 N–H and O–H groups in total. The third-order valence-electron chi connectivity index (χ3n) is 4.79. The lowest BCUT2D eigenvalue weighted by Gasteiger charge is -2.28. The van der Waals surface area contributed by atoms with Crippen LogP contribution in [0.15, 0.2) is 55.6 Å². The van der Waals surface area contributed by atoms with Crippen molar-refractivity contribution in [2.75, 3.05) is 20.1 Å². The molecule has 0 saturated carbocycles. The molecule has 0 unspecified atom stereocenters. The highest BCUT2D eigenvalue weighted by Gasteiger charge is 2.14. The molecule has 3 nitrogen and oxygen atoms in total. The molecule has 1 aliphatic heterocycles. The van der Waals surface area contributed by atoms with Gasteiger partial charge in [0.15, 0.2) is 0 Å². The molecule has 5 heteroatoms. The van der Waals surface area contributed by atoms with Crippen LogP contribution in [-0.2, 0) is 17.8 Å². The highest BCUT2D eigenvalue weighted by atomic mass is 35.5. The van der Waals surface area contributed by atoms with Crippen molar-refractivity contribution >= 4 is 30.0 Å². The van der Waals surface area contributed by atoms with Crippen LogP contribution in [0.3, 0.4) is 0 Å². The minimum atomic E-state index is 0.694. The van der Waals surface area contributed by atoms with E-state index in [1.54, 1.807) is 17.2 Å². The van der Waals surface area contributed by atoms with Crippen LogP contribution in [-0.4, -0.2) is 31.8 Å². The number of unbranched alkanes of at least 4 members (excludes halogenated alkanes) is 4. The molecule has 0 saturated heterocycles. The summed E-state index contributed by atoms with van der Waals surface area (Å²) in [4.78, 5) is 10.6. The van der Waals surface area contributed by atoms with Crippen LogP contribution in [0.4, 0.5) is 0 Å². The minimum absolute atomic E-state index is 0.694. The van der Waals surface area contributed by atoms with Crippen LogP contribution in [0.2, 0.25) is 10.0 Å². The molecule has 1 aliphatic rings. The Hall–Kier alpha value is -1.65. The second-order valence-corrected chi connectivity index (χ2v) is 8.03. The normalized spacial score (nSPS) is 11.6. The number of nitrogens with zero attached hydrogens (tertiary/aromatic N) is 1. The molecule has 0 spiro atoms. The van der Waals surface area contributed by atoms with E-state index in [0.717, 1.165) is 5.56 Å². The fraction of sp³-hybridized carbons (Fsp3) is 0.444. The number of aryl methyl sites for hydroxylation is 1. The zero-order valence-electron chi connectivity index (χ0n) is 20.2. The summed E-state index contributed by atoms with van der Waals surface area (Å²) in [5.74, 6) is 0. The molecule has 0 radical (unpaired) electrons. The van der Waals surface area contributed by atoms with E-state index >= 15 is 0 Å². The maximum absolute atomic E-state index is 8.00. The number of fused-ring (bicyclic) bond motifs is 1. The van der Waals surface area contributed by atoms with E-state index in [2.05, 4.69) is 55.0 Å². The summed E-state index contributed by atoms with van der Waals surface area (Å²) in [5.41, 5.74) is 8.70. The van der Waals surface area contributed by atoms with Gasteiger partial charge in [-0.05, 0) is 68.2 Å². The Kier molecular flexibility index (Phi) is 22.9. The molecular weight excluding hydrogens is 439 g/mol. The highest BCUT2D eigenvalue weighted by Crippen LogP contribution is 2.19. The first-order valence-electron chi connectivity index (χ1n) is 11.2. The van der Waals surface area contributed by atoms with Gasteiger partial charge in [-0.1, -0.05) is 80.1 Å². The smallest absolute Gasteiger partial charge is 0.106 e. The Labute approximate surface area is 206 Å². The van der Waals surface area contributed by atoms with Crippen molar-refractivity contribution in [2.45, 2.75) is 58.9 Å². The summed E-state index contributed by atoms with van der Waals surface area (Å²) in [6.07, 6.45) is 8.19. The van der Waals surface area contributed by atoms with E-state index in [1.165, 1.54) is 65.2 Å². The van der Waals surface area contributed by atoms with Gasteiger partial charge in [0.05, 0.1) is 0 Å². The fourth-order valence-corrected chi connectivity index (χ4v) is 4.01. The molecule has 0 atom stereocenters. The number of hydrogen-bond acceptors (Lipinski definition) is 3. The van der Waals surface area contributed by atoms with Gasteiger partial charge in [-0.2, -0.15) is 0 Å². The van der Waals surface area contributed by atoms with Gasteiger partial charge in [0, 0.05) is 23.1 Å². The predicted octanol–water partition coefficient (Wildman–Crippen LogP) is 7.51. The first-order valence-corrected chi connectivity index (χ1v) is 11.9. The number of carbonyl (C=O) groups excluding carboxylic acids is 1. The molecule has 1 heterocycles. The van der Waals surface area contributed by atoms with Gasteiger partial charge in [-0.25, -0.2) is 0 Å². The molecule has 0 bridgehead atoms. The van der Waals surface area contributed by atoms with Gasteiger partial charge >= 0.3 is 0 Å². The van der Waals surface area contributed by atoms with Gasteiger partial charge in [-0.15, -0.1) is 13.2 Å². The molecule has 0 amide bonds. The second-order valence-electron chi connectivity index (χ2n) is 7.16. The van der Waals surface area contributed by atoms with Gasteiger partial charge in [0.2, 0.25) is 0 Å². The van der Waals surface area contributed by atoms with Crippen molar-refractivity contribution in [3.05, 3.63) is 82.4 Å². The minimum Gasteiger partial charge on any atom is -0.333 e. The lowest BCUT2D eigenvalue weighted by Crippen LogP contribution is -2.31. The predicted molar refractivity (Wildman–Crippen MR) is 144 cm³/mol. The molecule has 32 heavy (non-hydrogen) atoms. The van der Waals surface area contributed by atoms with Crippen LogP contribution in [0, 0.1) is 6.92 Å². The molecule has 3 rings (SSSR count). The maximum Gasteiger partial charge on any atom is 0.106 e. The quantitative estimate of drug-likeness (QED) is 0.343. The zero-order valence-corrected chi connectivity index (χ0v) is 21.7. The third kappa shape index (κ3) is 15.2. The van der Waals surface area contributed by atoms with Gasteiger partial charge in [-0.3, -0.25) is 4.90 Å². The highest BCUT2D eigenvalue weighted by molar-refractivity contribution is 6.34. The van der Waals surface area contributed by atoms with Crippen molar-refractivity contribution in [1.29, 1.82) is 0 Å². The number of hydrogen-bond donors (Lipinski definition) is 1. The molecule has 2 aromatic rings. The zero-order chi connectivity index (χ0) is 24.8. The number of benzene rings is 2. The topological polar surface area (TPSA) is 46.3 Å². The summed E-state index contributed by atoms with van der Waals surface area (Å²) in [6.45, 7) is 16.0. The molecular formula is C27H42Cl2N2O. The summed E-state index contributed by atoms with van der Waals surface area (Å²) >= 11 is 11.3. The molecule has 180 valence electrons. The van der Waals surface area contributed by atoms with Crippen LogP contribution in [0.5, 0.6) is 0 Å². The number of carbonyl (C=O) groups is 1. The number of rotatable bonds is 6. The first-order chi connectivity index (χ1) is 15.6. The molecule has 0 aromatic heterocycles. The lowest BCUT2D eigenvalue weighted by atomic mass is 10.00. The molecule has 2 aromatic carbocycles. The van der Waals surface area contributed by atoms with Crippen molar-refractivity contribution in [3.8, 4) is 0 Å². The van der Waals surface area contributed by atoms with Crippen LogP contribution >= 0.6 is 23.2 Å². The average Bonchev–Trinajstić information content (AvgIpc) is 2.82. The van der Waals surface area contributed by atoms with Crippen LogP contribution in [0.25, 0.3) is 0 Å². The molecule has 0 fully saturated rings. The lowest BCUT2D eigenvalue weighted by molar-refractivity contribution is -0.0979.